The number of likely N-dealkylation sites (tertiary alicyclic amines) is 1. The fourth-order valence-electron chi connectivity index (χ4n) is 3.94. The monoisotopic (exact) mass is 565 g/mol. The molecule has 0 bridgehead atoms. The number of anilines is 1. The van der Waals surface area contributed by atoms with Crippen molar-refractivity contribution in [3.05, 3.63) is 66.5 Å². The highest BCUT2D eigenvalue weighted by atomic mass is 32.1. The number of nitrogens with zero attached hydrogens (tertiary/aromatic N) is 4. The van der Waals surface area contributed by atoms with Crippen LogP contribution in [0.4, 0.5) is 15.3 Å². The van der Waals surface area contributed by atoms with E-state index in [1.165, 1.54) is 12.3 Å². The average Bonchev–Trinajstić information content (AvgIpc) is 2.93. The number of aromatic nitrogens is 2. The van der Waals surface area contributed by atoms with E-state index in [0.29, 0.717) is 42.9 Å². The quantitative estimate of drug-likeness (QED) is 0.337. The van der Waals surface area contributed by atoms with Crippen molar-refractivity contribution >= 4 is 30.6 Å². The number of piperidine rings is 1. The number of thiol groups is 1. The highest BCUT2D eigenvalue weighted by Crippen LogP contribution is 2.25. The minimum Gasteiger partial charge on any atom is -0.493 e. The van der Waals surface area contributed by atoms with Crippen molar-refractivity contribution in [3.8, 4) is 23.3 Å². The van der Waals surface area contributed by atoms with E-state index in [2.05, 4.69) is 28.1 Å². The average molecular weight is 566 g/mol. The van der Waals surface area contributed by atoms with Crippen molar-refractivity contribution in [2.75, 3.05) is 24.0 Å². The van der Waals surface area contributed by atoms with Crippen LogP contribution < -0.4 is 23.8 Å². The zero-order valence-corrected chi connectivity index (χ0v) is 24.1. The Hall–Kier alpha value is -3.99. The van der Waals surface area contributed by atoms with E-state index in [4.69, 9.17) is 14.2 Å². The molecular weight excluding hydrogens is 530 g/mol. The molecule has 2 aromatic heterocycles. The molecule has 0 radical (unpaired) electrons. The van der Waals surface area contributed by atoms with Gasteiger partial charge in [0, 0.05) is 37.0 Å². The molecule has 1 aliphatic rings. The normalized spacial score (nSPS) is 13.9. The number of pyridine rings is 2. The number of carbonyl (C=O) groups excluding carboxylic acids is 2. The van der Waals surface area contributed by atoms with Crippen LogP contribution >= 0.6 is 12.8 Å². The van der Waals surface area contributed by atoms with Crippen LogP contribution in [0.3, 0.4) is 0 Å². The van der Waals surface area contributed by atoms with Crippen LogP contribution in [0.15, 0.2) is 60.9 Å². The van der Waals surface area contributed by atoms with Gasteiger partial charge in [0.1, 0.15) is 11.5 Å². The number of rotatable bonds is 7. The standard InChI is InChI=1S/C29H35N5O5S/c1-20-5-11-25(30-17-20)38-24-9-7-23(8-10-24)37-19-21-13-15-33(16-14-21)28(36)39-26-12-6-22(18-31-26)34(40)27(35)32-29(2,3)4/h5-12,17-18,21,40H,13-16,19H2,1-4H3,(H,32,35). The fraction of sp³-hybridized carbons (Fsp3) is 0.379. The molecule has 0 spiro atoms. The number of hydrogen-bond donors (Lipinski definition) is 2. The summed E-state index contributed by atoms with van der Waals surface area (Å²) in [4.78, 5) is 35.0. The summed E-state index contributed by atoms with van der Waals surface area (Å²) in [6.07, 6.45) is 4.35. The van der Waals surface area contributed by atoms with E-state index in [-0.39, 0.29) is 11.9 Å². The van der Waals surface area contributed by atoms with Gasteiger partial charge in [-0.05, 0) is 82.3 Å². The Balaban J connectivity index is 1.18. The summed E-state index contributed by atoms with van der Waals surface area (Å²) < 4.78 is 18.3. The van der Waals surface area contributed by atoms with Crippen LogP contribution in [0.2, 0.25) is 0 Å². The molecule has 0 atom stereocenters. The number of aryl methyl sites for hydroxylation is 1. The maximum Gasteiger partial charge on any atom is 0.416 e. The van der Waals surface area contributed by atoms with Crippen molar-refractivity contribution in [1.29, 1.82) is 0 Å². The van der Waals surface area contributed by atoms with Crippen LogP contribution in [-0.2, 0) is 0 Å². The van der Waals surface area contributed by atoms with Crippen molar-refractivity contribution in [2.45, 2.75) is 46.1 Å². The van der Waals surface area contributed by atoms with Crippen molar-refractivity contribution in [1.82, 2.24) is 20.2 Å². The Morgan fingerprint density at radius 3 is 2.23 bits per heavy atom. The van der Waals surface area contributed by atoms with Crippen molar-refractivity contribution in [2.24, 2.45) is 5.92 Å². The van der Waals surface area contributed by atoms with Gasteiger partial charge in [-0.2, -0.15) is 0 Å². The second kappa shape index (κ2) is 12.9. The zero-order valence-electron chi connectivity index (χ0n) is 23.2. The summed E-state index contributed by atoms with van der Waals surface area (Å²) >= 11 is 4.24. The molecule has 1 N–H and O–H groups in total. The summed E-state index contributed by atoms with van der Waals surface area (Å²) in [6.45, 7) is 9.31. The lowest BCUT2D eigenvalue weighted by atomic mass is 9.98. The molecule has 40 heavy (non-hydrogen) atoms. The van der Waals surface area contributed by atoms with Gasteiger partial charge in [0.2, 0.25) is 11.8 Å². The number of urea groups is 1. The summed E-state index contributed by atoms with van der Waals surface area (Å²) in [7, 11) is 0. The SMILES string of the molecule is Cc1ccc(Oc2ccc(OCC3CCN(C(=O)Oc4ccc(N(S)C(=O)NC(C)(C)C)cn4)CC3)cc2)nc1. The number of nitrogens with one attached hydrogen (secondary N) is 1. The van der Waals surface area contributed by atoms with Gasteiger partial charge in [-0.25, -0.2) is 23.9 Å². The summed E-state index contributed by atoms with van der Waals surface area (Å²) in [6, 6.07) is 14.0. The Bertz CT molecular complexity index is 1270. The predicted molar refractivity (Wildman–Crippen MR) is 155 cm³/mol. The van der Waals surface area contributed by atoms with Gasteiger partial charge in [0.15, 0.2) is 0 Å². The smallest absolute Gasteiger partial charge is 0.416 e. The molecule has 11 heteroatoms. The number of carbonyl (C=O) groups is 2. The molecule has 212 valence electrons. The first-order chi connectivity index (χ1) is 19.1. The molecule has 4 rings (SSSR count). The molecule has 0 aliphatic carbocycles. The first kappa shape index (κ1) is 29.0. The Morgan fingerprint density at radius 1 is 0.975 bits per heavy atom. The Labute approximate surface area is 240 Å². The molecular formula is C29H35N5O5S. The van der Waals surface area contributed by atoms with Crippen LogP contribution in [0, 0.1) is 12.8 Å². The molecule has 3 aromatic rings. The van der Waals surface area contributed by atoms with E-state index in [9.17, 15) is 9.59 Å². The third-order valence-electron chi connectivity index (χ3n) is 6.12. The van der Waals surface area contributed by atoms with E-state index < -0.39 is 11.6 Å². The summed E-state index contributed by atoms with van der Waals surface area (Å²) in [5, 5.41) is 2.82. The molecule has 1 aromatic carbocycles. The van der Waals surface area contributed by atoms with E-state index in [1.807, 2.05) is 64.1 Å². The van der Waals surface area contributed by atoms with E-state index in [0.717, 1.165) is 28.5 Å². The molecule has 3 amide bonds. The van der Waals surface area contributed by atoms with Crippen molar-refractivity contribution in [3.63, 3.8) is 0 Å². The highest BCUT2D eigenvalue weighted by molar-refractivity contribution is 7.82. The van der Waals surface area contributed by atoms with Gasteiger partial charge >= 0.3 is 12.1 Å². The highest BCUT2D eigenvalue weighted by Gasteiger charge is 2.25. The minimum atomic E-state index is -0.452. The second-order valence-electron chi connectivity index (χ2n) is 10.7. The number of hydrogen-bond acceptors (Lipinski definition) is 8. The lowest BCUT2D eigenvalue weighted by Gasteiger charge is -2.31. The molecule has 10 nitrogen and oxygen atoms in total. The largest absolute Gasteiger partial charge is 0.493 e. The molecule has 0 saturated carbocycles. The topological polar surface area (TPSA) is 106 Å². The van der Waals surface area contributed by atoms with Gasteiger partial charge < -0.3 is 24.4 Å². The Kier molecular flexibility index (Phi) is 9.36. The lowest BCUT2D eigenvalue weighted by Crippen LogP contribution is -2.45. The summed E-state index contributed by atoms with van der Waals surface area (Å²) in [5.41, 5.74) is 1.13. The van der Waals surface area contributed by atoms with E-state index >= 15 is 0 Å². The number of benzene rings is 1. The molecule has 3 heterocycles. The summed E-state index contributed by atoms with van der Waals surface area (Å²) in [5.74, 6) is 2.48. The zero-order chi connectivity index (χ0) is 28.7. The minimum absolute atomic E-state index is 0.155. The number of ether oxygens (including phenoxy) is 3. The van der Waals surface area contributed by atoms with Crippen LogP contribution in [0.1, 0.15) is 39.2 Å². The lowest BCUT2D eigenvalue weighted by molar-refractivity contribution is 0.115. The van der Waals surface area contributed by atoms with Gasteiger partial charge in [0.05, 0.1) is 18.5 Å². The molecule has 0 unspecified atom stereocenters. The van der Waals surface area contributed by atoms with Gasteiger partial charge in [-0.1, -0.05) is 18.9 Å². The first-order valence-corrected chi connectivity index (χ1v) is 13.5. The third-order valence-corrected chi connectivity index (χ3v) is 6.53. The first-order valence-electron chi connectivity index (χ1n) is 13.1. The molecule has 1 saturated heterocycles. The third kappa shape index (κ3) is 8.51. The maximum atomic E-state index is 12.6. The van der Waals surface area contributed by atoms with Gasteiger partial charge in [-0.15, -0.1) is 0 Å². The Morgan fingerprint density at radius 2 is 1.62 bits per heavy atom. The molecule has 1 fully saturated rings. The van der Waals surface area contributed by atoms with Gasteiger partial charge in [0.25, 0.3) is 0 Å². The molecule has 1 aliphatic heterocycles. The van der Waals surface area contributed by atoms with Gasteiger partial charge in [-0.3, -0.25) is 0 Å². The number of amides is 3. The van der Waals surface area contributed by atoms with Crippen LogP contribution in [0.25, 0.3) is 0 Å². The second-order valence-corrected chi connectivity index (χ2v) is 11.1. The van der Waals surface area contributed by atoms with Crippen molar-refractivity contribution < 1.29 is 23.8 Å². The van der Waals surface area contributed by atoms with E-state index in [1.54, 1.807) is 17.2 Å². The fourth-order valence-corrected chi connectivity index (χ4v) is 4.11. The maximum absolute atomic E-state index is 12.6. The van der Waals surface area contributed by atoms with Crippen LogP contribution in [0.5, 0.6) is 23.3 Å². The van der Waals surface area contributed by atoms with Crippen LogP contribution in [-0.4, -0.2) is 52.2 Å². The predicted octanol–water partition coefficient (Wildman–Crippen LogP) is 6.03.